The minimum absolute atomic E-state index is 0.261. The second kappa shape index (κ2) is 5.44. The van der Waals surface area contributed by atoms with E-state index in [4.69, 9.17) is 0 Å². The van der Waals surface area contributed by atoms with Crippen molar-refractivity contribution in [3.63, 3.8) is 0 Å². The molecule has 0 saturated carbocycles. The number of carbonyl (C=O) groups excluding carboxylic acids is 1. The normalized spacial score (nSPS) is 18.1. The monoisotopic (exact) mass is 264 g/mol. The summed E-state index contributed by atoms with van der Waals surface area (Å²) in [7, 11) is 0. The van der Waals surface area contributed by atoms with Crippen molar-refractivity contribution in [2.45, 2.75) is 6.04 Å². The van der Waals surface area contributed by atoms with Crippen LogP contribution in [0.25, 0.3) is 0 Å². The third kappa shape index (κ3) is 2.47. The number of nitrogens with zero attached hydrogens (tertiary/aromatic N) is 3. The van der Waals surface area contributed by atoms with Gasteiger partial charge in [0.2, 0.25) is 0 Å². The van der Waals surface area contributed by atoms with Gasteiger partial charge in [-0.1, -0.05) is 48.5 Å². The fourth-order valence-corrected chi connectivity index (χ4v) is 1.92. The molecule has 0 saturated heterocycles. The average Bonchev–Trinajstić information content (AvgIpc) is 2.88. The lowest BCUT2D eigenvalue weighted by Gasteiger charge is -2.04. The molecule has 3 rings (SSSR count). The predicted octanol–water partition coefficient (Wildman–Crippen LogP) is 2.67. The number of hydrazone groups is 1. The first-order valence-corrected chi connectivity index (χ1v) is 6.23. The summed E-state index contributed by atoms with van der Waals surface area (Å²) in [5.74, 6) is -0.261. The predicted molar refractivity (Wildman–Crippen MR) is 75.9 cm³/mol. The number of amides is 1. The summed E-state index contributed by atoms with van der Waals surface area (Å²) in [6.07, 6.45) is 0. The van der Waals surface area contributed by atoms with Crippen molar-refractivity contribution < 1.29 is 4.79 Å². The summed E-state index contributed by atoms with van der Waals surface area (Å²) in [4.78, 5) is 11.8. The highest BCUT2D eigenvalue weighted by Gasteiger charge is 2.30. The average molecular weight is 264 g/mol. The van der Waals surface area contributed by atoms with Gasteiger partial charge >= 0.3 is 0 Å². The minimum Gasteiger partial charge on any atom is -0.270 e. The van der Waals surface area contributed by atoms with Gasteiger partial charge < -0.3 is 0 Å². The van der Waals surface area contributed by atoms with E-state index in [-0.39, 0.29) is 5.91 Å². The van der Waals surface area contributed by atoms with Crippen molar-refractivity contribution in [3.05, 3.63) is 66.2 Å². The first-order valence-electron chi connectivity index (χ1n) is 6.23. The lowest BCUT2D eigenvalue weighted by molar-refractivity contribution is -0.120. The zero-order valence-electron chi connectivity index (χ0n) is 10.6. The van der Waals surface area contributed by atoms with Gasteiger partial charge in [-0.3, -0.25) is 4.79 Å². The van der Waals surface area contributed by atoms with Crippen LogP contribution in [0.3, 0.4) is 0 Å². The largest absolute Gasteiger partial charge is 0.273 e. The molecule has 20 heavy (non-hydrogen) atoms. The van der Waals surface area contributed by atoms with Crippen LogP contribution in [0.1, 0.15) is 5.56 Å². The molecule has 1 unspecified atom stereocenters. The molecule has 0 radical (unpaired) electrons. The van der Waals surface area contributed by atoms with Crippen LogP contribution in [0.5, 0.6) is 0 Å². The molecule has 0 aliphatic carbocycles. The SMILES string of the molecule is O=C1NN=C(c2ccccc2)C1N=Nc1ccccc1. The zero-order chi connectivity index (χ0) is 13.8. The first-order chi connectivity index (χ1) is 9.84. The van der Waals surface area contributed by atoms with Gasteiger partial charge in [-0.2, -0.15) is 15.3 Å². The van der Waals surface area contributed by atoms with Crippen molar-refractivity contribution >= 4 is 17.3 Å². The highest BCUT2D eigenvalue weighted by atomic mass is 16.2. The van der Waals surface area contributed by atoms with E-state index in [1.807, 2.05) is 60.7 Å². The molecule has 0 fully saturated rings. The summed E-state index contributed by atoms with van der Waals surface area (Å²) < 4.78 is 0. The van der Waals surface area contributed by atoms with Crippen LogP contribution in [0.15, 0.2) is 76.0 Å². The number of hydrogen-bond donors (Lipinski definition) is 1. The Hall–Kier alpha value is -2.82. The van der Waals surface area contributed by atoms with Crippen LogP contribution in [-0.4, -0.2) is 17.7 Å². The van der Waals surface area contributed by atoms with Gasteiger partial charge in [-0.15, -0.1) is 0 Å². The molecule has 2 aromatic carbocycles. The third-order valence-corrected chi connectivity index (χ3v) is 2.91. The molecule has 5 nitrogen and oxygen atoms in total. The molecule has 1 aliphatic rings. The number of carbonyl (C=O) groups is 1. The van der Waals surface area contributed by atoms with Gasteiger partial charge in [0.1, 0.15) is 5.71 Å². The van der Waals surface area contributed by atoms with E-state index >= 15 is 0 Å². The zero-order valence-corrected chi connectivity index (χ0v) is 10.6. The molecule has 98 valence electrons. The van der Waals surface area contributed by atoms with E-state index < -0.39 is 6.04 Å². The van der Waals surface area contributed by atoms with Crippen molar-refractivity contribution in [1.82, 2.24) is 5.43 Å². The third-order valence-electron chi connectivity index (χ3n) is 2.91. The molecule has 1 heterocycles. The Morgan fingerprint density at radius 3 is 2.30 bits per heavy atom. The maximum Gasteiger partial charge on any atom is 0.273 e. The van der Waals surface area contributed by atoms with Gasteiger partial charge in [0.15, 0.2) is 6.04 Å². The molecule has 2 aromatic rings. The van der Waals surface area contributed by atoms with Crippen molar-refractivity contribution in [2.24, 2.45) is 15.3 Å². The van der Waals surface area contributed by atoms with E-state index in [2.05, 4.69) is 20.8 Å². The van der Waals surface area contributed by atoms with E-state index in [1.54, 1.807) is 0 Å². The lowest BCUT2D eigenvalue weighted by Crippen LogP contribution is -2.27. The standard InChI is InChI=1S/C15H12N4O/c20-15-14(18-16-12-9-5-2-6-10-12)13(17-19-15)11-7-3-1-4-8-11/h1-10,14H,(H,19,20). The van der Waals surface area contributed by atoms with E-state index in [9.17, 15) is 4.79 Å². The number of benzene rings is 2. The topological polar surface area (TPSA) is 66.2 Å². The summed E-state index contributed by atoms with van der Waals surface area (Å²) in [6, 6.07) is 18.1. The number of azo groups is 1. The van der Waals surface area contributed by atoms with Crippen LogP contribution in [0, 0.1) is 0 Å². The second-order valence-corrected chi connectivity index (χ2v) is 4.29. The minimum atomic E-state index is -0.697. The van der Waals surface area contributed by atoms with E-state index in [0.29, 0.717) is 11.4 Å². The van der Waals surface area contributed by atoms with E-state index in [1.165, 1.54) is 0 Å². The highest BCUT2D eigenvalue weighted by Crippen LogP contribution is 2.16. The Morgan fingerprint density at radius 2 is 1.60 bits per heavy atom. The molecular formula is C15H12N4O. The quantitative estimate of drug-likeness (QED) is 0.851. The van der Waals surface area contributed by atoms with Crippen molar-refractivity contribution in [2.75, 3.05) is 0 Å². The molecular weight excluding hydrogens is 252 g/mol. The molecule has 0 spiro atoms. The van der Waals surface area contributed by atoms with Crippen LogP contribution in [0.4, 0.5) is 5.69 Å². The molecule has 1 aliphatic heterocycles. The van der Waals surface area contributed by atoms with Crippen LogP contribution in [-0.2, 0) is 4.79 Å². The van der Waals surface area contributed by atoms with Gasteiger partial charge in [0.05, 0.1) is 5.69 Å². The Kier molecular flexibility index (Phi) is 3.33. The fraction of sp³-hybridized carbons (Fsp3) is 0.0667. The number of hydrogen-bond acceptors (Lipinski definition) is 4. The summed E-state index contributed by atoms with van der Waals surface area (Å²) in [5, 5.41) is 12.3. The summed E-state index contributed by atoms with van der Waals surface area (Å²) in [5.41, 5.74) is 4.61. The van der Waals surface area contributed by atoms with Crippen LogP contribution in [0.2, 0.25) is 0 Å². The van der Waals surface area contributed by atoms with Gasteiger partial charge in [0.25, 0.3) is 5.91 Å². The van der Waals surface area contributed by atoms with Crippen LogP contribution < -0.4 is 5.43 Å². The maximum absolute atomic E-state index is 11.8. The molecule has 1 atom stereocenters. The molecule has 5 heteroatoms. The first kappa shape index (κ1) is 12.2. The van der Waals surface area contributed by atoms with Crippen molar-refractivity contribution in [1.29, 1.82) is 0 Å². The Bertz CT molecular complexity index is 665. The second-order valence-electron chi connectivity index (χ2n) is 4.29. The molecule has 0 aromatic heterocycles. The van der Waals surface area contributed by atoms with Crippen molar-refractivity contribution in [3.8, 4) is 0 Å². The van der Waals surface area contributed by atoms with Crippen LogP contribution >= 0.6 is 0 Å². The van der Waals surface area contributed by atoms with Gasteiger partial charge in [-0.05, 0) is 12.1 Å². The maximum atomic E-state index is 11.8. The fourth-order valence-electron chi connectivity index (χ4n) is 1.92. The Morgan fingerprint density at radius 1 is 0.950 bits per heavy atom. The Balaban J connectivity index is 1.86. The molecule has 1 amide bonds. The lowest BCUT2D eigenvalue weighted by atomic mass is 10.0. The smallest absolute Gasteiger partial charge is 0.270 e. The van der Waals surface area contributed by atoms with Gasteiger partial charge in [0, 0.05) is 5.56 Å². The van der Waals surface area contributed by atoms with E-state index in [0.717, 1.165) is 5.56 Å². The summed E-state index contributed by atoms with van der Waals surface area (Å²) >= 11 is 0. The number of rotatable bonds is 3. The summed E-state index contributed by atoms with van der Waals surface area (Å²) in [6.45, 7) is 0. The van der Waals surface area contributed by atoms with Gasteiger partial charge in [-0.25, -0.2) is 5.43 Å². The Labute approximate surface area is 116 Å². The molecule has 1 N–H and O–H groups in total. The highest BCUT2D eigenvalue weighted by molar-refractivity contribution is 6.19. The number of nitrogens with one attached hydrogen (secondary N) is 1. The molecule has 0 bridgehead atoms.